The molecule has 3 N–H and O–H groups in total. The van der Waals surface area contributed by atoms with Gasteiger partial charge in [-0.05, 0) is 75.2 Å². The molecule has 11 nitrogen and oxygen atoms in total. The van der Waals surface area contributed by atoms with Crippen molar-refractivity contribution in [2.75, 3.05) is 27.2 Å². The molecule has 2 fully saturated rings. The lowest BCUT2D eigenvalue weighted by Gasteiger charge is -2.40. The fourth-order valence-electron chi connectivity index (χ4n) is 7.96. The van der Waals surface area contributed by atoms with E-state index in [0.717, 1.165) is 28.9 Å². The molecule has 0 aromatic heterocycles. The molecule has 0 spiro atoms. The van der Waals surface area contributed by atoms with Crippen LogP contribution in [0.2, 0.25) is 0 Å². The molecule has 0 bridgehead atoms. The summed E-state index contributed by atoms with van der Waals surface area (Å²) in [5.74, 6) is -2.49. The minimum atomic E-state index is -0.899. The Morgan fingerprint density at radius 1 is 0.891 bits per heavy atom. The molecule has 0 aliphatic carbocycles. The quantitative estimate of drug-likeness (QED) is 0.185. The SMILES string of the molecule is CN[C@H](C(=O)N[C@H](C(=O)N(C)[C@H](C=C(C)C(=O)N(C(=O)[C@H]1CCCN1Cc1ccccc1)C(=O)[C@H]1CCCN1)C(C)C)C(C)(C)C)C(C)(C)c1ccccc1. The van der Waals surface area contributed by atoms with Crippen molar-refractivity contribution in [2.24, 2.45) is 11.3 Å². The summed E-state index contributed by atoms with van der Waals surface area (Å²) in [6.07, 6.45) is 4.33. The summed E-state index contributed by atoms with van der Waals surface area (Å²) in [4.78, 5) is 75.8. The van der Waals surface area contributed by atoms with E-state index >= 15 is 0 Å². The Bertz CT molecular complexity index is 1680. The number of carbonyl (C=O) groups excluding carboxylic acids is 5. The van der Waals surface area contributed by atoms with Gasteiger partial charge in [0.1, 0.15) is 6.04 Å². The fourth-order valence-corrected chi connectivity index (χ4v) is 7.96. The standard InChI is InChI=1S/C44H64N6O5/c1-29(2)35(48(10)42(55)37(43(4,5)6)47-38(51)36(45-9)44(7,8)32-21-15-12-16-22-32)27-30(3)39(52)50(40(53)33-23-17-25-46-33)41(54)34-24-18-26-49(34)28-31-19-13-11-14-20-31/h11-16,19-22,27,29,33-37,45-46H,17-18,23-26,28H2,1-10H3,(H,47,51)/t33-,34-,35-,36-,37-/m1/s1. The van der Waals surface area contributed by atoms with E-state index in [9.17, 15) is 24.0 Å². The normalized spacial score (nSPS) is 19.8. The monoisotopic (exact) mass is 756 g/mol. The molecule has 2 heterocycles. The molecule has 0 unspecified atom stereocenters. The Kier molecular flexibility index (Phi) is 14.7. The number of nitrogens with zero attached hydrogens (tertiary/aromatic N) is 3. The molecule has 300 valence electrons. The van der Waals surface area contributed by atoms with Gasteiger partial charge in [0.2, 0.25) is 11.8 Å². The molecule has 55 heavy (non-hydrogen) atoms. The van der Waals surface area contributed by atoms with Crippen molar-refractivity contribution in [2.45, 2.75) is 123 Å². The van der Waals surface area contributed by atoms with Gasteiger partial charge in [-0.3, -0.25) is 28.9 Å². The van der Waals surface area contributed by atoms with Gasteiger partial charge in [-0.2, -0.15) is 0 Å². The van der Waals surface area contributed by atoms with Crippen molar-refractivity contribution >= 4 is 29.5 Å². The average Bonchev–Trinajstić information content (AvgIpc) is 3.86. The molecule has 11 heteroatoms. The van der Waals surface area contributed by atoms with Crippen LogP contribution in [0.25, 0.3) is 0 Å². The lowest BCUT2D eigenvalue weighted by Crippen LogP contribution is -2.61. The van der Waals surface area contributed by atoms with E-state index in [0.29, 0.717) is 32.5 Å². The first-order valence-electron chi connectivity index (χ1n) is 19.8. The minimum Gasteiger partial charge on any atom is -0.342 e. The number of carbonyl (C=O) groups is 5. The lowest BCUT2D eigenvalue weighted by atomic mass is 9.76. The summed E-state index contributed by atoms with van der Waals surface area (Å²) in [6.45, 7) is 17.1. The van der Waals surface area contributed by atoms with Gasteiger partial charge in [0.05, 0.1) is 24.2 Å². The first-order valence-corrected chi connectivity index (χ1v) is 19.8. The number of amides is 5. The topological polar surface area (TPSA) is 131 Å². The van der Waals surface area contributed by atoms with Crippen LogP contribution in [-0.2, 0) is 35.9 Å². The second-order valence-electron chi connectivity index (χ2n) is 17.2. The highest BCUT2D eigenvalue weighted by Gasteiger charge is 2.44. The summed E-state index contributed by atoms with van der Waals surface area (Å²) in [5, 5.41) is 9.43. The molecule has 2 aliphatic rings. The first kappa shape index (κ1) is 43.5. The number of hydrogen-bond donors (Lipinski definition) is 3. The van der Waals surface area contributed by atoms with Gasteiger partial charge in [-0.15, -0.1) is 0 Å². The maximum absolute atomic E-state index is 14.5. The first-order chi connectivity index (χ1) is 25.9. The highest BCUT2D eigenvalue weighted by molar-refractivity contribution is 6.18. The second-order valence-corrected chi connectivity index (χ2v) is 17.2. The Labute approximate surface area is 328 Å². The summed E-state index contributed by atoms with van der Waals surface area (Å²) in [7, 11) is 3.41. The zero-order valence-corrected chi connectivity index (χ0v) is 34.6. The van der Waals surface area contributed by atoms with Gasteiger partial charge in [0.25, 0.3) is 17.7 Å². The highest BCUT2D eigenvalue weighted by Crippen LogP contribution is 2.30. The number of benzene rings is 2. The Balaban J connectivity index is 1.61. The smallest absolute Gasteiger partial charge is 0.262 e. The zero-order chi connectivity index (χ0) is 40.7. The van der Waals surface area contributed by atoms with Crippen molar-refractivity contribution in [3.63, 3.8) is 0 Å². The van der Waals surface area contributed by atoms with Crippen LogP contribution in [0.15, 0.2) is 72.3 Å². The molecule has 2 aromatic rings. The Morgan fingerprint density at radius 3 is 2.05 bits per heavy atom. The van der Waals surface area contributed by atoms with Crippen LogP contribution in [0.1, 0.15) is 92.2 Å². The number of rotatable bonds is 14. The van der Waals surface area contributed by atoms with Crippen molar-refractivity contribution in [3.05, 3.63) is 83.4 Å². The van der Waals surface area contributed by atoms with Crippen molar-refractivity contribution in [1.82, 2.24) is 30.7 Å². The van der Waals surface area contributed by atoms with Crippen LogP contribution < -0.4 is 16.0 Å². The molecule has 4 rings (SSSR count). The molecule has 5 amide bonds. The van der Waals surface area contributed by atoms with E-state index in [2.05, 4.69) is 20.9 Å². The number of imide groups is 3. The van der Waals surface area contributed by atoms with Gasteiger partial charge < -0.3 is 20.9 Å². The number of nitrogens with one attached hydrogen (secondary N) is 3. The second kappa shape index (κ2) is 18.6. The lowest BCUT2D eigenvalue weighted by molar-refractivity contribution is -0.155. The van der Waals surface area contributed by atoms with Crippen LogP contribution in [0, 0.1) is 11.3 Å². The molecule has 0 radical (unpaired) electrons. The molecule has 5 atom stereocenters. The van der Waals surface area contributed by atoms with E-state index in [1.165, 1.54) is 0 Å². The summed E-state index contributed by atoms with van der Waals surface area (Å²) in [6, 6.07) is 16.3. The van der Waals surface area contributed by atoms with Crippen LogP contribution in [0.3, 0.4) is 0 Å². The van der Waals surface area contributed by atoms with Gasteiger partial charge in [0.15, 0.2) is 0 Å². The summed E-state index contributed by atoms with van der Waals surface area (Å²) in [5.41, 5.74) is 0.977. The van der Waals surface area contributed by atoms with Crippen molar-refractivity contribution < 1.29 is 24.0 Å². The van der Waals surface area contributed by atoms with E-state index in [1.54, 1.807) is 32.0 Å². The zero-order valence-electron chi connectivity index (χ0n) is 34.6. The number of likely N-dealkylation sites (N-methyl/N-ethyl adjacent to an activating group) is 2. The van der Waals surface area contributed by atoms with Crippen molar-refractivity contribution in [3.8, 4) is 0 Å². The molecular weight excluding hydrogens is 693 g/mol. The van der Waals surface area contributed by atoms with Crippen LogP contribution in [0.5, 0.6) is 0 Å². The van der Waals surface area contributed by atoms with Crippen LogP contribution in [0.4, 0.5) is 0 Å². The largest absolute Gasteiger partial charge is 0.342 e. The van der Waals surface area contributed by atoms with E-state index in [1.807, 2.05) is 109 Å². The number of likely N-dealkylation sites (tertiary alicyclic amines) is 1. The molecule has 2 aromatic carbocycles. The van der Waals surface area contributed by atoms with Crippen LogP contribution in [-0.4, -0.2) is 102 Å². The third kappa shape index (κ3) is 10.4. The maximum atomic E-state index is 14.5. The fraction of sp³-hybridized carbons (Fsp3) is 0.568. The van der Waals surface area contributed by atoms with E-state index < -0.39 is 58.8 Å². The molecule has 2 aliphatic heterocycles. The highest BCUT2D eigenvalue weighted by atomic mass is 16.2. The molecule has 2 saturated heterocycles. The predicted molar refractivity (Wildman–Crippen MR) is 217 cm³/mol. The summed E-state index contributed by atoms with van der Waals surface area (Å²) >= 11 is 0. The number of hydrogen-bond acceptors (Lipinski definition) is 8. The van der Waals surface area contributed by atoms with Crippen LogP contribution >= 0.6 is 0 Å². The summed E-state index contributed by atoms with van der Waals surface area (Å²) < 4.78 is 0. The van der Waals surface area contributed by atoms with Crippen molar-refractivity contribution in [1.29, 1.82) is 0 Å². The Morgan fingerprint density at radius 2 is 1.51 bits per heavy atom. The molecule has 0 saturated carbocycles. The van der Waals surface area contributed by atoms with Gasteiger partial charge >= 0.3 is 0 Å². The van der Waals surface area contributed by atoms with Gasteiger partial charge in [-0.1, -0.05) is 115 Å². The minimum absolute atomic E-state index is 0.150. The van der Waals surface area contributed by atoms with Gasteiger partial charge in [-0.25, -0.2) is 4.90 Å². The third-order valence-corrected chi connectivity index (χ3v) is 11.3. The third-order valence-electron chi connectivity index (χ3n) is 11.3. The Hall–Kier alpha value is -4.19. The maximum Gasteiger partial charge on any atom is 0.262 e. The van der Waals surface area contributed by atoms with E-state index in [-0.39, 0.29) is 23.3 Å². The predicted octanol–water partition coefficient (Wildman–Crippen LogP) is 4.81. The average molecular weight is 757 g/mol. The van der Waals surface area contributed by atoms with Gasteiger partial charge in [0, 0.05) is 24.6 Å². The molecular formula is C44H64N6O5. The van der Waals surface area contributed by atoms with E-state index in [4.69, 9.17) is 0 Å².